The number of rotatable bonds is 2. The van der Waals surface area contributed by atoms with Gasteiger partial charge in [0.1, 0.15) is 0 Å². The van der Waals surface area contributed by atoms with E-state index in [0.29, 0.717) is 0 Å². The van der Waals surface area contributed by atoms with Crippen molar-refractivity contribution in [3.8, 4) is 0 Å². The minimum absolute atomic E-state index is 0.0547. The van der Waals surface area contributed by atoms with E-state index in [0.717, 1.165) is 21.9 Å². The van der Waals surface area contributed by atoms with Crippen LogP contribution in [0.5, 0.6) is 0 Å². The van der Waals surface area contributed by atoms with Crippen LogP contribution in [0.25, 0.3) is 10.9 Å². The van der Waals surface area contributed by atoms with Gasteiger partial charge in [-0.3, -0.25) is 4.68 Å². The van der Waals surface area contributed by atoms with Crippen LogP contribution in [-0.4, -0.2) is 33.2 Å². The molecule has 1 aliphatic rings. The predicted molar refractivity (Wildman–Crippen MR) is 82.4 cm³/mol. The van der Waals surface area contributed by atoms with Crippen LogP contribution in [0.4, 0.5) is 0 Å². The molecule has 1 N–H and O–H groups in total. The standard InChI is InChI=1S/C15H21BN2O3/c1-14(2)15(3,4)21-16(20-14)12-6-10-8-18(5)17-13(10)11(7-12)9-19/h6-8,19H,9H2,1-5H3. The Hall–Kier alpha value is -1.37. The van der Waals surface area contributed by atoms with Gasteiger partial charge in [0.05, 0.1) is 23.3 Å². The van der Waals surface area contributed by atoms with Gasteiger partial charge in [0.2, 0.25) is 0 Å². The maximum atomic E-state index is 9.59. The lowest BCUT2D eigenvalue weighted by molar-refractivity contribution is 0.00578. The number of nitrogens with zero attached hydrogens (tertiary/aromatic N) is 2. The monoisotopic (exact) mass is 288 g/mol. The second-order valence-electron chi connectivity index (χ2n) is 6.67. The Bertz CT molecular complexity index is 678. The number of hydrogen-bond acceptors (Lipinski definition) is 4. The molecule has 0 spiro atoms. The topological polar surface area (TPSA) is 56.5 Å². The van der Waals surface area contributed by atoms with Crippen LogP contribution in [0.15, 0.2) is 18.3 Å². The molecule has 0 saturated carbocycles. The molecule has 1 aromatic carbocycles. The van der Waals surface area contributed by atoms with Crippen molar-refractivity contribution in [1.29, 1.82) is 0 Å². The molecule has 1 aromatic heterocycles. The third-order valence-corrected chi connectivity index (χ3v) is 4.52. The molecule has 21 heavy (non-hydrogen) atoms. The highest BCUT2D eigenvalue weighted by Crippen LogP contribution is 2.36. The lowest BCUT2D eigenvalue weighted by atomic mass is 9.78. The summed E-state index contributed by atoms with van der Waals surface area (Å²) in [5.74, 6) is 0. The zero-order valence-corrected chi connectivity index (χ0v) is 13.2. The summed E-state index contributed by atoms with van der Waals surface area (Å²) in [6.45, 7) is 8.07. The first-order chi connectivity index (χ1) is 9.73. The Morgan fingerprint density at radius 3 is 2.38 bits per heavy atom. The molecule has 0 unspecified atom stereocenters. The summed E-state index contributed by atoms with van der Waals surface area (Å²) in [6, 6.07) is 3.93. The van der Waals surface area contributed by atoms with Crippen LogP contribution in [0.3, 0.4) is 0 Å². The molecule has 112 valence electrons. The van der Waals surface area contributed by atoms with Gasteiger partial charge in [0.25, 0.3) is 0 Å². The van der Waals surface area contributed by atoms with Crippen LogP contribution >= 0.6 is 0 Å². The van der Waals surface area contributed by atoms with Crippen molar-refractivity contribution in [2.24, 2.45) is 7.05 Å². The Morgan fingerprint density at radius 1 is 1.19 bits per heavy atom. The summed E-state index contributed by atoms with van der Waals surface area (Å²) in [4.78, 5) is 0. The molecule has 3 rings (SSSR count). The van der Waals surface area contributed by atoms with Crippen LogP contribution < -0.4 is 5.46 Å². The number of aryl methyl sites for hydroxylation is 1. The summed E-state index contributed by atoms with van der Waals surface area (Å²) >= 11 is 0. The maximum absolute atomic E-state index is 9.59. The molecule has 0 bridgehead atoms. The molecule has 1 aliphatic heterocycles. The molecular weight excluding hydrogens is 267 g/mol. The fourth-order valence-electron chi connectivity index (χ4n) is 2.59. The molecule has 0 atom stereocenters. The molecule has 5 nitrogen and oxygen atoms in total. The number of aliphatic hydroxyl groups excluding tert-OH is 1. The Kier molecular flexibility index (Phi) is 3.17. The smallest absolute Gasteiger partial charge is 0.399 e. The van der Waals surface area contributed by atoms with Crippen LogP contribution in [-0.2, 0) is 23.0 Å². The van der Waals surface area contributed by atoms with Crippen LogP contribution in [0, 0.1) is 0 Å². The van der Waals surface area contributed by atoms with Gasteiger partial charge >= 0.3 is 7.12 Å². The molecular formula is C15H21BN2O3. The summed E-state index contributed by atoms with van der Waals surface area (Å²) < 4.78 is 13.9. The Balaban J connectivity index is 2.06. The van der Waals surface area contributed by atoms with Gasteiger partial charge in [-0.1, -0.05) is 12.1 Å². The molecule has 6 heteroatoms. The zero-order valence-electron chi connectivity index (χ0n) is 13.2. The number of hydrogen-bond donors (Lipinski definition) is 1. The lowest BCUT2D eigenvalue weighted by Gasteiger charge is -2.32. The highest BCUT2D eigenvalue weighted by atomic mass is 16.7. The van der Waals surface area contributed by atoms with Crippen molar-refractivity contribution in [3.05, 3.63) is 23.9 Å². The minimum atomic E-state index is -0.426. The van der Waals surface area contributed by atoms with E-state index in [1.807, 2.05) is 53.1 Å². The van der Waals surface area contributed by atoms with Gasteiger partial charge in [-0.25, -0.2) is 0 Å². The van der Waals surface area contributed by atoms with Gasteiger partial charge in [0.15, 0.2) is 0 Å². The number of aromatic nitrogens is 2. The number of benzene rings is 1. The van der Waals surface area contributed by atoms with Crippen molar-refractivity contribution in [2.75, 3.05) is 0 Å². The van der Waals surface area contributed by atoms with Crippen molar-refractivity contribution in [3.63, 3.8) is 0 Å². The first-order valence-electron chi connectivity index (χ1n) is 7.16. The van der Waals surface area contributed by atoms with Crippen LogP contribution in [0.1, 0.15) is 33.3 Å². The third kappa shape index (κ3) is 2.27. The lowest BCUT2D eigenvalue weighted by Crippen LogP contribution is -2.41. The highest BCUT2D eigenvalue weighted by Gasteiger charge is 2.51. The van der Waals surface area contributed by atoms with Gasteiger partial charge in [0, 0.05) is 24.2 Å². The molecule has 1 fully saturated rings. The maximum Gasteiger partial charge on any atom is 0.494 e. The first kappa shape index (κ1) is 14.6. The fraction of sp³-hybridized carbons (Fsp3) is 0.533. The van der Waals surface area contributed by atoms with Gasteiger partial charge in [-0.05, 0) is 33.2 Å². The molecule has 0 radical (unpaired) electrons. The molecule has 2 heterocycles. The summed E-state index contributed by atoms with van der Waals surface area (Å²) in [6.07, 6.45) is 1.93. The largest absolute Gasteiger partial charge is 0.494 e. The van der Waals surface area contributed by atoms with Gasteiger partial charge in [-0.15, -0.1) is 0 Å². The summed E-state index contributed by atoms with van der Waals surface area (Å²) in [7, 11) is 1.44. The Morgan fingerprint density at radius 2 is 1.81 bits per heavy atom. The van der Waals surface area contributed by atoms with Crippen molar-refractivity contribution in [2.45, 2.75) is 45.5 Å². The van der Waals surface area contributed by atoms with E-state index in [1.54, 1.807) is 4.68 Å². The van der Waals surface area contributed by atoms with Crippen molar-refractivity contribution < 1.29 is 14.4 Å². The SMILES string of the molecule is Cn1cc2cc(B3OC(C)(C)C(C)(C)O3)cc(CO)c2n1. The van der Waals surface area contributed by atoms with Gasteiger partial charge < -0.3 is 14.4 Å². The van der Waals surface area contributed by atoms with E-state index < -0.39 is 7.12 Å². The minimum Gasteiger partial charge on any atom is -0.399 e. The van der Waals surface area contributed by atoms with Crippen molar-refractivity contribution in [1.82, 2.24) is 9.78 Å². The van der Waals surface area contributed by atoms with E-state index in [4.69, 9.17) is 9.31 Å². The highest BCUT2D eigenvalue weighted by molar-refractivity contribution is 6.62. The number of aliphatic hydroxyl groups is 1. The fourth-order valence-corrected chi connectivity index (χ4v) is 2.59. The van der Waals surface area contributed by atoms with Gasteiger partial charge in [-0.2, -0.15) is 5.10 Å². The van der Waals surface area contributed by atoms with E-state index in [1.165, 1.54) is 0 Å². The second-order valence-corrected chi connectivity index (χ2v) is 6.67. The van der Waals surface area contributed by atoms with Crippen LogP contribution in [0.2, 0.25) is 0 Å². The van der Waals surface area contributed by atoms with E-state index >= 15 is 0 Å². The molecule has 0 amide bonds. The first-order valence-corrected chi connectivity index (χ1v) is 7.16. The Labute approximate surface area is 125 Å². The van der Waals surface area contributed by atoms with E-state index in [-0.39, 0.29) is 17.8 Å². The van der Waals surface area contributed by atoms with Crippen molar-refractivity contribution >= 4 is 23.5 Å². The van der Waals surface area contributed by atoms with E-state index in [9.17, 15) is 5.11 Å². The predicted octanol–water partition coefficient (Wildman–Crippen LogP) is 1.36. The second kappa shape index (κ2) is 4.56. The summed E-state index contributed by atoms with van der Waals surface area (Å²) in [5.41, 5.74) is 1.78. The average molecular weight is 288 g/mol. The molecule has 0 aliphatic carbocycles. The summed E-state index contributed by atoms with van der Waals surface area (Å²) in [5, 5.41) is 15.0. The normalized spacial score (nSPS) is 20.4. The molecule has 1 saturated heterocycles. The number of fused-ring (bicyclic) bond motifs is 1. The van der Waals surface area contributed by atoms with E-state index in [2.05, 4.69) is 5.10 Å². The average Bonchev–Trinajstić information content (AvgIpc) is 2.85. The molecule has 2 aromatic rings. The zero-order chi connectivity index (χ0) is 15.4. The quantitative estimate of drug-likeness (QED) is 0.848. The third-order valence-electron chi connectivity index (χ3n) is 4.52.